The molecule has 1 aromatic carbocycles. The van der Waals surface area contributed by atoms with Gasteiger partial charge >= 0.3 is 5.97 Å². The molecule has 1 aliphatic carbocycles. The summed E-state index contributed by atoms with van der Waals surface area (Å²) in [5.74, 6) is -1.48. The molecule has 1 saturated heterocycles. The number of aliphatic carboxylic acids is 1. The van der Waals surface area contributed by atoms with Crippen molar-refractivity contribution >= 4 is 17.8 Å². The van der Waals surface area contributed by atoms with Gasteiger partial charge in [-0.05, 0) is 31.2 Å². The van der Waals surface area contributed by atoms with E-state index >= 15 is 0 Å². The number of benzene rings is 1. The fraction of sp³-hybridized carbons (Fsp3) is 0.500. The van der Waals surface area contributed by atoms with Crippen molar-refractivity contribution in [3.05, 3.63) is 35.9 Å². The van der Waals surface area contributed by atoms with Crippen molar-refractivity contribution in [3.8, 4) is 0 Å². The van der Waals surface area contributed by atoms with Gasteiger partial charge in [-0.2, -0.15) is 0 Å². The number of carboxylic acids is 1. The summed E-state index contributed by atoms with van der Waals surface area (Å²) >= 11 is 0. The smallest absolute Gasteiger partial charge is 0.306 e. The number of rotatable bonds is 3. The SMILES string of the molecule is O=C(O)C1CCC(C(=O)N2CCNC(=O)C2c2ccccc2)CC1. The lowest BCUT2D eigenvalue weighted by Crippen LogP contribution is -2.53. The van der Waals surface area contributed by atoms with Gasteiger partial charge in [-0.1, -0.05) is 30.3 Å². The van der Waals surface area contributed by atoms with Crippen molar-refractivity contribution in [2.24, 2.45) is 11.8 Å². The molecule has 1 unspecified atom stereocenters. The molecule has 1 saturated carbocycles. The Morgan fingerprint density at radius 1 is 1.04 bits per heavy atom. The highest BCUT2D eigenvalue weighted by molar-refractivity contribution is 5.90. The van der Waals surface area contributed by atoms with E-state index in [-0.39, 0.29) is 23.7 Å². The van der Waals surface area contributed by atoms with E-state index in [1.54, 1.807) is 4.90 Å². The second-order valence-electron chi connectivity index (χ2n) is 6.52. The quantitative estimate of drug-likeness (QED) is 0.881. The Hall–Kier alpha value is -2.37. The van der Waals surface area contributed by atoms with Crippen molar-refractivity contribution in [3.63, 3.8) is 0 Å². The minimum atomic E-state index is -0.777. The number of nitrogens with one attached hydrogen (secondary N) is 1. The summed E-state index contributed by atoms with van der Waals surface area (Å²) < 4.78 is 0. The summed E-state index contributed by atoms with van der Waals surface area (Å²) in [4.78, 5) is 38.0. The molecule has 2 fully saturated rings. The molecule has 1 heterocycles. The summed E-state index contributed by atoms with van der Waals surface area (Å²) in [5, 5.41) is 11.9. The first-order valence-electron chi connectivity index (χ1n) is 8.44. The molecule has 128 valence electrons. The van der Waals surface area contributed by atoms with Crippen LogP contribution in [0.1, 0.15) is 37.3 Å². The summed E-state index contributed by atoms with van der Waals surface area (Å²) in [6.07, 6.45) is 2.22. The van der Waals surface area contributed by atoms with Gasteiger partial charge in [0.25, 0.3) is 0 Å². The third kappa shape index (κ3) is 3.27. The second kappa shape index (κ2) is 7.03. The van der Waals surface area contributed by atoms with Gasteiger partial charge in [0.15, 0.2) is 0 Å². The van der Waals surface area contributed by atoms with Crippen LogP contribution < -0.4 is 5.32 Å². The van der Waals surface area contributed by atoms with Crippen LogP contribution in [0.4, 0.5) is 0 Å². The molecule has 6 heteroatoms. The molecule has 1 atom stereocenters. The highest BCUT2D eigenvalue weighted by atomic mass is 16.4. The first-order chi connectivity index (χ1) is 11.6. The maximum Gasteiger partial charge on any atom is 0.306 e. The monoisotopic (exact) mass is 330 g/mol. The first-order valence-corrected chi connectivity index (χ1v) is 8.44. The van der Waals surface area contributed by atoms with E-state index in [9.17, 15) is 14.4 Å². The van der Waals surface area contributed by atoms with Crippen LogP contribution in [-0.2, 0) is 14.4 Å². The number of carbonyl (C=O) groups excluding carboxylic acids is 2. The van der Waals surface area contributed by atoms with Crippen LogP contribution in [0.25, 0.3) is 0 Å². The number of amides is 2. The Labute approximate surface area is 140 Å². The van der Waals surface area contributed by atoms with Gasteiger partial charge in [0.1, 0.15) is 6.04 Å². The maximum absolute atomic E-state index is 13.0. The molecule has 2 aliphatic rings. The predicted octanol–water partition coefficient (Wildman–Crippen LogP) is 1.58. The van der Waals surface area contributed by atoms with Crippen LogP contribution in [0, 0.1) is 11.8 Å². The lowest BCUT2D eigenvalue weighted by atomic mass is 9.81. The number of hydrogen-bond acceptors (Lipinski definition) is 3. The zero-order valence-electron chi connectivity index (χ0n) is 13.5. The molecule has 3 rings (SSSR count). The Bertz CT molecular complexity index is 623. The summed E-state index contributed by atoms with van der Waals surface area (Å²) in [6.45, 7) is 0.946. The number of nitrogens with zero attached hydrogens (tertiary/aromatic N) is 1. The highest BCUT2D eigenvalue weighted by Crippen LogP contribution is 2.33. The predicted molar refractivity (Wildman–Crippen MR) is 87.0 cm³/mol. The lowest BCUT2D eigenvalue weighted by Gasteiger charge is -2.38. The molecule has 6 nitrogen and oxygen atoms in total. The van der Waals surface area contributed by atoms with Gasteiger partial charge < -0.3 is 15.3 Å². The summed E-state index contributed by atoms with van der Waals surface area (Å²) in [6, 6.07) is 8.72. The van der Waals surface area contributed by atoms with Crippen LogP contribution in [0.15, 0.2) is 30.3 Å². The molecule has 2 amide bonds. The third-order valence-corrected chi connectivity index (χ3v) is 5.04. The normalized spacial score (nSPS) is 27.4. The van der Waals surface area contributed by atoms with Crippen LogP contribution >= 0.6 is 0 Å². The highest BCUT2D eigenvalue weighted by Gasteiger charge is 2.38. The molecular weight excluding hydrogens is 308 g/mol. The average molecular weight is 330 g/mol. The molecular formula is C18H22N2O4. The number of carbonyl (C=O) groups is 3. The summed E-state index contributed by atoms with van der Waals surface area (Å²) in [5.41, 5.74) is 0.808. The number of piperazine rings is 1. The maximum atomic E-state index is 13.0. The van der Waals surface area contributed by atoms with Crippen molar-refractivity contribution < 1.29 is 19.5 Å². The fourth-order valence-corrected chi connectivity index (χ4v) is 3.69. The second-order valence-corrected chi connectivity index (χ2v) is 6.52. The van der Waals surface area contributed by atoms with E-state index in [1.165, 1.54) is 0 Å². The standard InChI is InChI=1S/C18H22N2O4/c21-16-15(12-4-2-1-3-5-12)20(11-10-19-16)17(22)13-6-8-14(9-7-13)18(23)24/h1-5,13-15H,6-11H2,(H,19,21)(H,23,24). The third-order valence-electron chi connectivity index (χ3n) is 5.04. The van der Waals surface area contributed by atoms with E-state index in [4.69, 9.17) is 5.11 Å². The van der Waals surface area contributed by atoms with Gasteiger partial charge in [-0.3, -0.25) is 14.4 Å². The van der Waals surface area contributed by atoms with Gasteiger partial charge in [0.2, 0.25) is 11.8 Å². The summed E-state index contributed by atoms with van der Waals surface area (Å²) in [7, 11) is 0. The molecule has 2 N–H and O–H groups in total. The number of hydrogen-bond donors (Lipinski definition) is 2. The van der Waals surface area contributed by atoms with Crippen LogP contribution in [-0.4, -0.2) is 40.9 Å². The molecule has 0 radical (unpaired) electrons. The van der Waals surface area contributed by atoms with Gasteiger partial charge in [0, 0.05) is 19.0 Å². The first kappa shape index (κ1) is 16.5. The fourth-order valence-electron chi connectivity index (χ4n) is 3.69. The van der Waals surface area contributed by atoms with Crippen molar-refractivity contribution in [2.45, 2.75) is 31.7 Å². The lowest BCUT2D eigenvalue weighted by molar-refractivity contribution is -0.149. The van der Waals surface area contributed by atoms with Crippen LogP contribution in [0.5, 0.6) is 0 Å². The molecule has 0 aromatic heterocycles. The minimum absolute atomic E-state index is 0.0254. The molecule has 0 bridgehead atoms. The van der Waals surface area contributed by atoms with E-state index in [1.807, 2.05) is 30.3 Å². The zero-order valence-corrected chi connectivity index (χ0v) is 13.5. The van der Waals surface area contributed by atoms with Crippen molar-refractivity contribution in [1.82, 2.24) is 10.2 Å². The van der Waals surface area contributed by atoms with Gasteiger partial charge in [-0.15, -0.1) is 0 Å². The topological polar surface area (TPSA) is 86.7 Å². The molecule has 1 aliphatic heterocycles. The largest absolute Gasteiger partial charge is 0.481 e. The molecule has 1 aromatic rings. The Balaban J connectivity index is 1.75. The van der Waals surface area contributed by atoms with E-state index in [0.29, 0.717) is 38.8 Å². The Morgan fingerprint density at radius 3 is 2.29 bits per heavy atom. The van der Waals surface area contributed by atoms with Gasteiger partial charge in [0.05, 0.1) is 5.92 Å². The average Bonchev–Trinajstić information content (AvgIpc) is 2.61. The van der Waals surface area contributed by atoms with Crippen LogP contribution in [0.3, 0.4) is 0 Å². The van der Waals surface area contributed by atoms with Gasteiger partial charge in [-0.25, -0.2) is 0 Å². The van der Waals surface area contributed by atoms with Crippen LogP contribution in [0.2, 0.25) is 0 Å². The minimum Gasteiger partial charge on any atom is -0.481 e. The number of carboxylic acid groups (broad SMARTS) is 1. The van der Waals surface area contributed by atoms with E-state index in [2.05, 4.69) is 5.32 Å². The van der Waals surface area contributed by atoms with Crippen molar-refractivity contribution in [1.29, 1.82) is 0 Å². The Kier molecular flexibility index (Phi) is 4.83. The Morgan fingerprint density at radius 2 is 1.67 bits per heavy atom. The molecule has 0 spiro atoms. The molecule has 24 heavy (non-hydrogen) atoms. The van der Waals surface area contributed by atoms with E-state index in [0.717, 1.165) is 5.56 Å². The zero-order chi connectivity index (χ0) is 17.1. The van der Waals surface area contributed by atoms with Crippen molar-refractivity contribution in [2.75, 3.05) is 13.1 Å². The van der Waals surface area contributed by atoms with E-state index < -0.39 is 12.0 Å².